The van der Waals surface area contributed by atoms with Gasteiger partial charge in [0, 0.05) is 33.5 Å². The molecule has 0 unspecified atom stereocenters. The van der Waals surface area contributed by atoms with Crippen molar-refractivity contribution in [1.29, 1.82) is 0 Å². The Morgan fingerprint density at radius 1 is 0.192 bits per heavy atom. The molecule has 0 aliphatic heterocycles. The number of hydrogen-bond acceptors (Lipinski definition) is 2. The van der Waals surface area contributed by atoms with Gasteiger partial charge in [-0.2, -0.15) is 0 Å². The van der Waals surface area contributed by atoms with E-state index in [1.54, 1.807) is 0 Å². The summed E-state index contributed by atoms with van der Waals surface area (Å²) < 4.78 is 0. The number of rotatable bonds is 11. The second kappa shape index (κ2) is 20.4. The molecular formula is C76H58N2. The summed E-state index contributed by atoms with van der Waals surface area (Å²) in [5.41, 5.74) is 23.6. The summed E-state index contributed by atoms with van der Waals surface area (Å²) in [5.74, 6) is 0. The molecule has 0 N–H and O–H groups in total. The van der Waals surface area contributed by atoms with Gasteiger partial charge in [-0.3, -0.25) is 0 Å². The van der Waals surface area contributed by atoms with Gasteiger partial charge in [0.05, 0.1) is 11.4 Å². The lowest BCUT2D eigenvalue weighted by Crippen LogP contribution is -2.13. The maximum atomic E-state index is 2.49. The van der Waals surface area contributed by atoms with Gasteiger partial charge in [0.25, 0.3) is 0 Å². The third kappa shape index (κ3) is 9.08. The van der Waals surface area contributed by atoms with Crippen LogP contribution in [0.5, 0.6) is 0 Å². The zero-order valence-electron chi connectivity index (χ0n) is 44.5. The van der Waals surface area contributed by atoms with Crippen LogP contribution < -0.4 is 9.80 Å². The molecule has 0 spiro atoms. The molecular weight excluding hydrogens is 941 g/mol. The fraction of sp³-hybridized carbons (Fsp3) is 0.0526. The normalized spacial score (nSPS) is 11.3. The minimum atomic E-state index is 1.10. The van der Waals surface area contributed by atoms with Gasteiger partial charge < -0.3 is 9.80 Å². The summed E-state index contributed by atoms with van der Waals surface area (Å²) in [7, 11) is 0. The first-order valence-corrected chi connectivity index (χ1v) is 27.1. The topological polar surface area (TPSA) is 6.48 Å². The number of aryl methyl sites for hydroxylation is 4. The zero-order chi connectivity index (χ0) is 52.7. The molecule has 0 aliphatic rings. The van der Waals surface area contributed by atoms with E-state index in [4.69, 9.17) is 0 Å². The van der Waals surface area contributed by atoms with Crippen LogP contribution >= 0.6 is 0 Å². The molecule has 78 heavy (non-hydrogen) atoms. The van der Waals surface area contributed by atoms with E-state index < -0.39 is 0 Å². The van der Waals surface area contributed by atoms with Crippen molar-refractivity contribution in [3.05, 3.63) is 301 Å². The summed E-state index contributed by atoms with van der Waals surface area (Å²) in [6.45, 7) is 8.84. The highest BCUT2D eigenvalue weighted by Gasteiger charge is 2.24. The summed E-state index contributed by atoms with van der Waals surface area (Å²) in [6, 6.07) is 103. The van der Waals surface area contributed by atoms with E-state index in [0.29, 0.717) is 0 Å². The molecule has 13 aromatic rings. The summed E-state index contributed by atoms with van der Waals surface area (Å²) in [6.07, 6.45) is 0. The highest BCUT2D eigenvalue weighted by Crippen LogP contribution is 2.49. The van der Waals surface area contributed by atoms with Crippen molar-refractivity contribution in [2.24, 2.45) is 0 Å². The first-order valence-electron chi connectivity index (χ1n) is 27.1. The fourth-order valence-corrected chi connectivity index (χ4v) is 11.7. The average Bonchev–Trinajstić information content (AvgIpc) is 3.68. The maximum Gasteiger partial charge on any atom is 0.0546 e. The van der Waals surface area contributed by atoms with E-state index in [-0.39, 0.29) is 0 Å². The Morgan fingerprint density at radius 3 is 0.897 bits per heavy atom. The zero-order valence-corrected chi connectivity index (χ0v) is 44.5. The fourth-order valence-electron chi connectivity index (χ4n) is 11.7. The first kappa shape index (κ1) is 47.9. The molecule has 2 nitrogen and oxygen atoms in total. The third-order valence-electron chi connectivity index (χ3n) is 15.5. The van der Waals surface area contributed by atoms with Crippen LogP contribution in [-0.4, -0.2) is 0 Å². The predicted octanol–water partition coefficient (Wildman–Crippen LogP) is 21.7. The summed E-state index contributed by atoms with van der Waals surface area (Å²) >= 11 is 0. The van der Waals surface area contributed by atoms with E-state index in [9.17, 15) is 0 Å². The second-order valence-corrected chi connectivity index (χ2v) is 20.8. The Hall–Kier alpha value is -9.76. The van der Waals surface area contributed by atoms with Gasteiger partial charge in [0.15, 0.2) is 0 Å². The molecule has 0 heterocycles. The first-order chi connectivity index (χ1) is 38.3. The summed E-state index contributed by atoms with van der Waals surface area (Å²) in [5, 5.41) is 7.15. The van der Waals surface area contributed by atoms with Crippen LogP contribution in [0, 0.1) is 27.7 Å². The number of benzene rings is 13. The van der Waals surface area contributed by atoms with Gasteiger partial charge in [0.2, 0.25) is 0 Å². The minimum absolute atomic E-state index is 1.10. The lowest BCUT2D eigenvalue weighted by atomic mass is 9.92. The van der Waals surface area contributed by atoms with Crippen molar-refractivity contribution in [3.8, 4) is 55.6 Å². The van der Waals surface area contributed by atoms with Gasteiger partial charge >= 0.3 is 0 Å². The van der Waals surface area contributed by atoms with E-state index in [1.807, 2.05) is 0 Å². The predicted molar refractivity (Wildman–Crippen MR) is 334 cm³/mol. The highest BCUT2D eigenvalue weighted by molar-refractivity contribution is 6.24. The maximum absolute atomic E-state index is 2.49. The van der Waals surface area contributed by atoms with Crippen LogP contribution in [0.25, 0.3) is 88.0 Å². The van der Waals surface area contributed by atoms with Crippen molar-refractivity contribution >= 4 is 66.4 Å². The van der Waals surface area contributed by atoms with Crippen molar-refractivity contribution in [3.63, 3.8) is 0 Å². The monoisotopic (exact) mass is 998 g/mol. The third-order valence-corrected chi connectivity index (χ3v) is 15.5. The van der Waals surface area contributed by atoms with Crippen LogP contribution in [0.3, 0.4) is 0 Å². The van der Waals surface area contributed by atoms with Crippen LogP contribution in [0.2, 0.25) is 0 Å². The SMILES string of the molecule is Cc1ccc(N(c2cccc(-c3ccc(-c4cccc(-c5ccccc5)c4)cc3)c2)c2cc3c4ccccc4c(N(c4cccc(-c5cccc(-c6ccccc6)c5)c4)c4ccc(C)cc4C)cc3c3ccccc23)c(C)c1. The molecule has 13 aromatic carbocycles. The minimum Gasteiger partial charge on any atom is -0.310 e. The van der Waals surface area contributed by atoms with E-state index in [2.05, 4.69) is 317 Å². The number of hydrogen-bond donors (Lipinski definition) is 0. The van der Waals surface area contributed by atoms with E-state index in [0.717, 1.165) is 45.3 Å². The number of fused-ring (bicyclic) bond motifs is 5. The largest absolute Gasteiger partial charge is 0.310 e. The van der Waals surface area contributed by atoms with E-state index >= 15 is 0 Å². The van der Waals surface area contributed by atoms with Gasteiger partial charge in [-0.15, -0.1) is 0 Å². The molecule has 0 saturated heterocycles. The van der Waals surface area contributed by atoms with Crippen molar-refractivity contribution in [2.45, 2.75) is 27.7 Å². The number of anilines is 6. The molecule has 0 saturated carbocycles. The standard InChI is InChI=1S/C76H58N2/c1-51-35-41-73(53(3)43-51)77(65-29-17-27-63(47-65)58-39-37-57(38-40-58)61-25-15-23-59(45-61)55-19-7-5-8-20-55)75-49-71-68-32-12-14-34-70(68)76(50-72(71)67-31-11-13-33-69(67)75)78(74-42-36-52(2)44-54(74)4)66-30-18-28-64(48-66)62-26-16-24-60(46-62)56-21-9-6-10-22-56/h5-50H,1-4H3. The number of nitrogens with zero attached hydrogens (tertiary/aromatic N) is 2. The lowest BCUT2D eigenvalue weighted by Gasteiger charge is -2.31. The molecule has 0 atom stereocenters. The molecule has 0 radical (unpaired) electrons. The molecule has 0 amide bonds. The second-order valence-electron chi connectivity index (χ2n) is 20.8. The van der Waals surface area contributed by atoms with E-state index in [1.165, 1.54) is 99.1 Å². The molecule has 0 bridgehead atoms. The smallest absolute Gasteiger partial charge is 0.0546 e. The summed E-state index contributed by atoms with van der Waals surface area (Å²) in [4.78, 5) is 4.98. The van der Waals surface area contributed by atoms with Gasteiger partial charge in [-0.1, -0.05) is 230 Å². The highest BCUT2D eigenvalue weighted by atomic mass is 15.2. The lowest BCUT2D eigenvalue weighted by molar-refractivity contribution is 1.25. The van der Waals surface area contributed by atoms with Crippen LogP contribution in [0.1, 0.15) is 22.3 Å². The van der Waals surface area contributed by atoms with Gasteiger partial charge in [-0.25, -0.2) is 0 Å². The van der Waals surface area contributed by atoms with Crippen molar-refractivity contribution in [1.82, 2.24) is 0 Å². The molecule has 13 rings (SSSR count). The molecule has 372 valence electrons. The Bertz CT molecular complexity index is 4360. The Balaban J connectivity index is 0.969. The quantitative estimate of drug-likeness (QED) is 0.119. The van der Waals surface area contributed by atoms with Crippen LogP contribution in [0.15, 0.2) is 279 Å². The molecule has 0 fully saturated rings. The Kier molecular flexibility index (Phi) is 12.5. The van der Waals surface area contributed by atoms with Gasteiger partial charge in [-0.05, 0) is 177 Å². The Morgan fingerprint density at radius 2 is 0.500 bits per heavy atom. The van der Waals surface area contributed by atoms with Crippen molar-refractivity contribution < 1.29 is 0 Å². The van der Waals surface area contributed by atoms with Crippen molar-refractivity contribution in [2.75, 3.05) is 9.80 Å². The molecule has 2 heteroatoms. The van der Waals surface area contributed by atoms with Gasteiger partial charge in [0.1, 0.15) is 0 Å². The average molecular weight is 999 g/mol. The molecule has 0 aromatic heterocycles. The van der Waals surface area contributed by atoms with Crippen LogP contribution in [0.4, 0.5) is 34.1 Å². The Labute approximate surface area is 458 Å². The molecule has 0 aliphatic carbocycles. The van der Waals surface area contributed by atoms with Crippen LogP contribution in [-0.2, 0) is 0 Å².